The standard InChI is InChI=1S/C11H12N2O3S/c1-6-3-4-8(16-6)7-5-17-10(13-7)9(12-2)11(14)15/h3-5,9,12H,1-2H3,(H,14,15). The van der Waals surface area contributed by atoms with Gasteiger partial charge in [-0.15, -0.1) is 11.3 Å². The van der Waals surface area contributed by atoms with Crippen LogP contribution in [0.1, 0.15) is 16.8 Å². The molecule has 0 saturated carbocycles. The molecule has 0 aliphatic heterocycles. The number of rotatable bonds is 4. The van der Waals surface area contributed by atoms with E-state index >= 15 is 0 Å². The van der Waals surface area contributed by atoms with E-state index in [2.05, 4.69) is 10.3 Å². The highest BCUT2D eigenvalue weighted by Gasteiger charge is 2.21. The first kappa shape index (κ1) is 11.8. The van der Waals surface area contributed by atoms with Crippen molar-refractivity contribution in [3.05, 3.63) is 28.3 Å². The Morgan fingerprint density at radius 2 is 2.35 bits per heavy atom. The molecule has 0 saturated heterocycles. The summed E-state index contributed by atoms with van der Waals surface area (Å²) in [5.41, 5.74) is 0.666. The number of nitrogens with zero attached hydrogens (tertiary/aromatic N) is 1. The van der Waals surface area contributed by atoms with Crippen LogP contribution in [-0.2, 0) is 4.79 Å². The van der Waals surface area contributed by atoms with Gasteiger partial charge in [0, 0.05) is 5.38 Å². The third-order valence-corrected chi connectivity index (χ3v) is 3.21. The number of nitrogens with one attached hydrogen (secondary N) is 1. The van der Waals surface area contributed by atoms with Gasteiger partial charge in [0.05, 0.1) is 0 Å². The predicted molar refractivity (Wildman–Crippen MR) is 64.0 cm³/mol. The Balaban J connectivity index is 2.29. The van der Waals surface area contributed by atoms with Crippen LogP contribution in [0.15, 0.2) is 21.9 Å². The van der Waals surface area contributed by atoms with Crippen molar-refractivity contribution in [1.82, 2.24) is 10.3 Å². The fourth-order valence-electron chi connectivity index (χ4n) is 1.46. The van der Waals surface area contributed by atoms with Crippen LogP contribution in [0, 0.1) is 6.92 Å². The summed E-state index contributed by atoms with van der Waals surface area (Å²) in [6.45, 7) is 1.85. The van der Waals surface area contributed by atoms with Crippen molar-refractivity contribution in [2.45, 2.75) is 13.0 Å². The zero-order chi connectivity index (χ0) is 12.4. The molecule has 0 spiro atoms. The number of carbonyl (C=O) groups is 1. The van der Waals surface area contributed by atoms with Gasteiger partial charge >= 0.3 is 5.97 Å². The topological polar surface area (TPSA) is 75.4 Å². The second kappa shape index (κ2) is 4.68. The number of hydrogen-bond acceptors (Lipinski definition) is 5. The van der Waals surface area contributed by atoms with E-state index in [0.29, 0.717) is 16.5 Å². The largest absolute Gasteiger partial charge is 0.480 e. The lowest BCUT2D eigenvalue weighted by Crippen LogP contribution is -2.24. The summed E-state index contributed by atoms with van der Waals surface area (Å²) in [6, 6.07) is 2.90. The molecule has 0 bridgehead atoms. The van der Waals surface area contributed by atoms with Gasteiger partial charge in [0.15, 0.2) is 11.8 Å². The van der Waals surface area contributed by atoms with E-state index in [1.165, 1.54) is 11.3 Å². The Hall–Kier alpha value is -1.66. The average molecular weight is 252 g/mol. The van der Waals surface area contributed by atoms with Crippen molar-refractivity contribution >= 4 is 17.3 Å². The molecule has 2 heterocycles. The first-order chi connectivity index (χ1) is 8.11. The van der Waals surface area contributed by atoms with Crippen LogP contribution < -0.4 is 5.32 Å². The molecular weight excluding hydrogens is 240 g/mol. The van der Waals surface area contributed by atoms with Gasteiger partial charge in [-0.3, -0.25) is 4.79 Å². The summed E-state index contributed by atoms with van der Waals surface area (Å²) in [5, 5.41) is 14.0. The van der Waals surface area contributed by atoms with Crippen molar-refractivity contribution in [2.24, 2.45) is 0 Å². The summed E-state index contributed by atoms with van der Waals surface area (Å²) < 4.78 is 5.43. The average Bonchev–Trinajstić information content (AvgIpc) is 2.87. The van der Waals surface area contributed by atoms with Crippen LogP contribution in [0.25, 0.3) is 11.5 Å². The van der Waals surface area contributed by atoms with Crippen molar-refractivity contribution < 1.29 is 14.3 Å². The van der Waals surface area contributed by atoms with E-state index in [1.54, 1.807) is 12.4 Å². The molecule has 90 valence electrons. The highest BCUT2D eigenvalue weighted by atomic mass is 32.1. The number of carboxylic acids is 1. The van der Waals surface area contributed by atoms with Gasteiger partial charge in [-0.25, -0.2) is 4.98 Å². The number of aryl methyl sites for hydroxylation is 1. The molecule has 0 amide bonds. The van der Waals surface area contributed by atoms with Crippen molar-refractivity contribution in [2.75, 3.05) is 7.05 Å². The Bertz CT molecular complexity index is 532. The first-order valence-electron chi connectivity index (χ1n) is 5.04. The number of carboxylic acid groups (broad SMARTS) is 1. The fraction of sp³-hybridized carbons (Fsp3) is 0.273. The SMILES string of the molecule is CNC(C(=O)O)c1nc(-c2ccc(C)o2)cs1. The quantitative estimate of drug-likeness (QED) is 0.871. The van der Waals surface area contributed by atoms with Gasteiger partial charge in [-0.1, -0.05) is 0 Å². The van der Waals surface area contributed by atoms with Crippen LogP contribution in [0.4, 0.5) is 0 Å². The molecule has 1 unspecified atom stereocenters. The molecular formula is C11H12N2O3S. The van der Waals surface area contributed by atoms with Crippen molar-refractivity contribution in [3.63, 3.8) is 0 Å². The normalized spacial score (nSPS) is 12.6. The summed E-state index contributed by atoms with van der Waals surface area (Å²) in [4.78, 5) is 15.2. The zero-order valence-corrected chi connectivity index (χ0v) is 10.2. The summed E-state index contributed by atoms with van der Waals surface area (Å²) >= 11 is 1.30. The highest BCUT2D eigenvalue weighted by Crippen LogP contribution is 2.26. The van der Waals surface area contributed by atoms with E-state index in [9.17, 15) is 4.79 Å². The van der Waals surface area contributed by atoms with Gasteiger partial charge in [0.25, 0.3) is 0 Å². The fourth-order valence-corrected chi connectivity index (χ4v) is 2.37. The molecule has 0 fully saturated rings. The molecule has 0 radical (unpaired) electrons. The van der Waals surface area contributed by atoms with E-state index in [1.807, 2.05) is 19.1 Å². The van der Waals surface area contributed by atoms with Gasteiger partial charge < -0.3 is 14.8 Å². The Kier molecular flexibility index (Phi) is 3.26. The van der Waals surface area contributed by atoms with E-state index in [4.69, 9.17) is 9.52 Å². The lowest BCUT2D eigenvalue weighted by atomic mass is 10.3. The molecule has 0 aliphatic carbocycles. The third-order valence-electron chi connectivity index (χ3n) is 2.30. The van der Waals surface area contributed by atoms with Gasteiger partial charge in [0.1, 0.15) is 16.5 Å². The van der Waals surface area contributed by atoms with Crippen LogP contribution in [0.3, 0.4) is 0 Å². The molecule has 2 N–H and O–H groups in total. The van der Waals surface area contributed by atoms with E-state index in [0.717, 1.165) is 5.76 Å². The van der Waals surface area contributed by atoms with Crippen molar-refractivity contribution in [1.29, 1.82) is 0 Å². The maximum Gasteiger partial charge on any atom is 0.327 e. The molecule has 0 aromatic carbocycles. The maximum absolute atomic E-state index is 11.0. The van der Waals surface area contributed by atoms with Crippen LogP contribution in [0.2, 0.25) is 0 Å². The van der Waals surface area contributed by atoms with Crippen LogP contribution >= 0.6 is 11.3 Å². The Labute approximate surface area is 102 Å². The summed E-state index contributed by atoms with van der Waals surface area (Å²) in [7, 11) is 1.59. The Morgan fingerprint density at radius 3 is 2.88 bits per heavy atom. The second-order valence-corrected chi connectivity index (χ2v) is 4.43. The highest BCUT2D eigenvalue weighted by molar-refractivity contribution is 7.10. The smallest absolute Gasteiger partial charge is 0.327 e. The van der Waals surface area contributed by atoms with Gasteiger partial charge in [0.2, 0.25) is 0 Å². The predicted octanol–water partition coefficient (Wildman–Crippen LogP) is 2.06. The lowest BCUT2D eigenvalue weighted by Gasteiger charge is -2.06. The van der Waals surface area contributed by atoms with Gasteiger partial charge in [-0.05, 0) is 26.1 Å². The number of aromatic nitrogens is 1. The van der Waals surface area contributed by atoms with Gasteiger partial charge in [-0.2, -0.15) is 0 Å². The number of furan rings is 1. The minimum absolute atomic E-state index is 0.518. The van der Waals surface area contributed by atoms with E-state index < -0.39 is 12.0 Å². The summed E-state index contributed by atoms with van der Waals surface area (Å²) in [5.74, 6) is 0.521. The lowest BCUT2D eigenvalue weighted by molar-refractivity contribution is -0.139. The minimum Gasteiger partial charge on any atom is -0.480 e. The van der Waals surface area contributed by atoms with Crippen molar-refractivity contribution in [3.8, 4) is 11.5 Å². The molecule has 1 atom stereocenters. The van der Waals surface area contributed by atoms with E-state index in [-0.39, 0.29) is 0 Å². The molecule has 0 aliphatic rings. The molecule has 2 aromatic heterocycles. The number of likely N-dealkylation sites (N-methyl/N-ethyl adjacent to an activating group) is 1. The Morgan fingerprint density at radius 1 is 1.59 bits per heavy atom. The minimum atomic E-state index is -0.941. The monoisotopic (exact) mass is 252 g/mol. The summed E-state index contributed by atoms with van der Waals surface area (Å²) in [6.07, 6.45) is 0. The second-order valence-electron chi connectivity index (χ2n) is 3.54. The third kappa shape index (κ3) is 2.37. The van der Waals surface area contributed by atoms with Crippen LogP contribution in [-0.4, -0.2) is 23.1 Å². The molecule has 6 heteroatoms. The molecule has 17 heavy (non-hydrogen) atoms. The maximum atomic E-state index is 11.0. The number of aliphatic carboxylic acids is 1. The van der Waals surface area contributed by atoms with Crippen LogP contribution in [0.5, 0.6) is 0 Å². The number of thiazole rings is 1. The molecule has 2 rings (SSSR count). The number of hydrogen-bond donors (Lipinski definition) is 2. The molecule has 5 nitrogen and oxygen atoms in total. The molecule has 2 aromatic rings. The zero-order valence-electron chi connectivity index (χ0n) is 9.43. The first-order valence-corrected chi connectivity index (χ1v) is 5.92.